The summed E-state index contributed by atoms with van der Waals surface area (Å²) in [7, 11) is 3.35. The number of imidazole rings is 1. The number of aryl methyl sites for hydroxylation is 1. The Morgan fingerprint density at radius 1 is 1.24 bits per heavy atom. The second-order valence-corrected chi connectivity index (χ2v) is 7.15. The number of hydrogen-bond acceptors (Lipinski definition) is 6. The van der Waals surface area contributed by atoms with E-state index in [1.807, 2.05) is 71.7 Å². The molecule has 0 spiro atoms. The van der Waals surface area contributed by atoms with Crippen molar-refractivity contribution in [2.45, 2.75) is 41.2 Å². The highest BCUT2D eigenvalue weighted by molar-refractivity contribution is 5.97. The molecule has 0 aliphatic heterocycles. The largest absolute Gasteiger partial charge is 0.426 e. The van der Waals surface area contributed by atoms with Crippen LogP contribution >= 0.6 is 0 Å². The van der Waals surface area contributed by atoms with Crippen LogP contribution in [0.5, 0.6) is 6.01 Å². The van der Waals surface area contributed by atoms with Gasteiger partial charge in [-0.2, -0.15) is 4.98 Å². The topological polar surface area (TPSA) is 96.7 Å². The summed E-state index contributed by atoms with van der Waals surface area (Å²) in [6.45, 7) is 16.5. The minimum atomic E-state index is -0.285. The lowest BCUT2D eigenvalue weighted by Crippen LogP contribution is -2.28. The van der Waals surface area contributed by atoms with Crippen LogP contribution in [0.3, 0.4) is 0 Å². The molecule has 2 rings (SSSR count). The number of hydrogen-bond donors (Lipinski definition) is 2. The normalized spacial score (nSPS) is 9.45. The van der Waals surface area contributed by atoms with Crippen molar-refractivity contribution in [3.8, 4) is 6.01 Å². The Hall–Kier alpha value is -3.39. The van der Waals surface area contributed by atoms with E-state index in [4.69, 9.17) is 9.53 Å². The third kappa shape index (κ3) is 8.94. The molecule has 1 amide bonds. The van der Waals surface area contributed by atoms with Crippen LogP contribution in [-0.2, 0) is 11.3 Å². The summed E-state index contributed by atoms with van der Waals surface area (Å²) < 4.78 is 7.64. The minimum absolute atomic E-state index is 0.0603. The number of carbonyl (C=O) groups excluding carboxylic acids is 2. The predicted octanol–water partition coefficient (Wildman–Crippen LogP) is 3.73. The van der Waals surface area contributed by atoms with E-state index in [9.17, 15) is 9.90 Å². The number of carbonyl (C=O) groups is 2. The van der Waals surface area contributed by atoms with Crippen molar-refractivity contribution < 1.29 is 19.4 Å². The highest BCUT2D eigenvalue weighted by atomic mass is 16.5. The van der Waals surface area contributed by atoms with Crippen LogP contribution in [0.25, 0.3) is 0 Å². The standard InChI is InChI=1S/C22H30N4O3.C2H6.CH2O/c1-15(2)13-17(4)29-22-24-20(25(6)11-12-27)19(21(28)23-5)26(22)14-18-9-7-16(3)8-10-18;2*1-2/h7-10,13,27H,4,11-12,14H2,1-3,5-6H3,(H,23,28);1-2H3;1H2. The zero-order valence-electron chi connectivity index (χ0n) is 20.9. The van der Waals surface area contributed by atoms with Gasteiger partial charge in [0.05, 0.1) is 13.2 Å². The average Bonchev–Trinajstić information content (AvgIpc) is 3.14. The summed E-state index contributed by atoms with van der Waals surface area (Å²) in [6, 6.07) is 8.33. The van der Waals surface area contributed by atoms with Gasteiger partial charge in [0.15, 0.2) is 11.5 Å². The molecule has 0 saturated heterocycles. The molecule has 0 radical (unpaired) electrons. The van der Waals surface area contributed by atoms with Crippen LogP contribution in [0.1, 0.15) is 49.3 Å². The van der Waals surface area contributed by atoms with Gasteiger partial charge < -0.3 is 24.9 Å². The molecule has 0 aliphatic carbocycles. The molecule has 0 saturated carbocycles. The number of ether oxygens (including phenoxy) is 1. The molecule has 0 fully saturated rings. The molecule has 182 valence electrons. The third-order valence-electron chi connectivity index (χ3n) is 4.29. The van der Waals surface area contributed by atoms with E-state index < -0.39 is 0 Å². The lowest BCUT2D eigenvalue weighted by molar-refractivity contribution is -0.0980. The van der Waals surface area contributed by atoms with Gasteiger partial charge in [-0.15, -0.1) is 0 Å². The first-order chi connectivity index (χ1) is 15.8. The second-order valence-electron chi connectivity index (χ2n) is 7.15. The zero-order valence-corrected chi connectivity index (χ0v) is 20.9. The SMILES string of the molecule is C=C(C=C(C)C)Oc1nc(N(C)CCO)c(C(=O)NC)n1Cc1ccc(C)cc1.C=O.CC. The van der Waals surface area contributed by atoms with Gasteiger partial charge in [0, 0.05) is 20.6 Å². The molecule has 0 bridgehead atoms. The lowest BCUT2D eigenvalue weighted by atomic mass is 10.1. The molecular weight excluding hydrogens is 420 g/mol. The first-order valence-corrected chi connectivity index (χ1v) is 10.8. The lowest BCUT2D eigenvalue weighted by Gasteiger charge is -2.17. The summed E-state index contributed by atoms with van der Waals surface area (Å²) >= 11 is 0. The molecule has 0 unspecified atom stereocenters. The highest BCUT2D eigenvalue weighted by Crippen LogP contribution is 2.28. The molecule has 1 aromatic heterocycles. The van der Waals surface area contributed by atoms with E-state index in [-0.39, 0.29) is 18.5 Å². The Morgan fingerprint density at radius 3 is 2.30 bits per heavy atom. The fourth-order valence-corrected chi connectivity index (χ4v) is 2.85. The van der Waals surface area contributed by atoms with E-state index in [0.29, 0.717) is 30.4 Å². The third-order valence-corrected chi connectivity index (χ3v) is 4.29. The van der Waals surface area contributed by atoms with Gasteiger partial charge >= 0.3 is 6.01 Å². The molecule has 1 aromatic carbocycles. The van der Waals surface area contributed by atoms with Crippen molar-refractivity contribution >= 4 is 18.5 Å². The van der Waals surface area contributed by atoms with Crippen LogP contribution in [-0.4, -0.2) is 54.6 Å². The summed E-state index contributed by atoms with van der Waals surface area (Å²) in [5.41, 5.74) is 3.56. The Bertz CT molecular complexity index is 913. The molecule has 0 atom stereocenters. The number of aromatic nitrogens is 2. The number of aliphatic hydroxyl groups excluding tert-OH is 1. The van der Waals surface area contributed by atoms with Gasteiger partial charge in [0.25, 0.3) is 5.91 Å². The van der Waals surface area contributed by atoms with Crippen molar-refractivity contribution in [3.05, 3.63) is 65.1 Å². The average molecular weight is 459 g/mol. The van der Waals surface area contributed by atoms with Gasteiger partial charge in [0.2, 0.25) is 0 Å². The number of nitrogens with one attached hydrogen (secondary N) is 1. The van der Waals surface area contributed by atoms with Crippen LogP contribution in [0, 0.1) is 6.92 Å². The van der Waals surface area contributed by atoms with Crippen molar-refractivity contribution in [2.75, 3.05) is 32.1 Å². The number of rotatable bonds is 9. The molecule has 8 heteroatoms. The Kier molecular flexibility index (Phi) is 13.8. The predicted molar refractivity (Wildman–Crippen MR) is 134 cm³/mol. The number of aliphatic hydroxyl groups is 1. The van der Waals surface area contributed by atoms with Gasteiger partial charge in [-0.05, 0) is 32.4 Å². The van der Waals surface area contributed by atoms with Crippen molar-refractivity contribution in [1.82, 2.24) is 14.9 Å². The highest BCUT2D eigenvalue weighted by Gasteiger charge is 2.26. The van der Waals surface area contributed by atoms with Crippen molar-refractivity contribution in [3.63, 3.8) is 0 Å². The van der Waals surface area contributed by atoms with Gasteiger partial charge in [-0.3, -0.25) is 9.36 Å². The molecule has 33 heavy (non-hydrogen) atoms. The summed E-state index contributed by atoms with van der Waals surface area (Å²) in [6.07, 6.45) is 1.81. The quantitative estimate of drug-likeness (QED) is 0.439. The zero-order chi connectivity index (χ0) is 25.6. The van der Waals surface area contributed by atoms with E-state index >= 15 is 0 Å². The Labute approximate surface area is 197 Å². The minimum Gasteiger partial charge on any atom is -0.426 e. The van der Waals surface area contributed by atoms with Gasteiger partial charge in [0.1, 0.15) is 12.5 Å². The maximum absolute atomic E-state index is 12.7. The molecular formula is C25H38N4O4. The molecule has 2 N–H and O–H groups in total. The number of benzene rings is 1. The summed E-state index contributed by atoms with van der Waals surface area (Å²) in [5.74, 6) is 0.581. The Morgan fingerprint density at radius 2 is 1.82 bits per heavy atom. The van der Waals surface area contributed by atoms with Crippen molar-refractivity contribution in [2.24, 2.45) is 0 Å². The Balaban J connectivity index is 0.00000242. The second kappa shape index (κ2) is 15.4. The number of allylic oxidation sites excluding steroid dienone is 2. The van der Waals surface area contributed by atoms with Gasteiger partial charge in [-0.1, -0.05) is 55.8 Å². The van der Waals surface area contributed by atoms with Crippen LogP contribution in [0.4, 0.5) is 5.82 Å². The summed E-state index contributed by atoms with van der Waals surface area (Å²) in [4.78, 5) is 27.0. The van der Waals surface area contributed by atoms with E-state index in [1.165, 1.54) is 0 Å². The van der Waals surface area contributed by atoms with Crippen LogP contribution in [0.2, 0.25) is 0 Å². The molecule has 1 heterocycles. The van der Waals surface area contributed by atoms with E-state index in [0.717, 1.165) is 16.7 Å². The van der Waals surface area contributed by atoms with Crippen LogP contribution < -0.4 is 15.0 Å². The van der Waals surface area contributed by atoms with E-state index in [2.05, 4.69) is 16.9 Å². The number of anilines is 1. The maximum Gasteiger partial charge on any atom is 0.304 e. The maximum atomic E-state index is 12.7. The monoisotopic (exact) mass is 458 g/mol. The molecule has 8 nitrogen and oxygen atoms in total. The smallest absolute Gasteiger partial charge is 0.304 e. The molecule has 0 aliphatic rings. The fraction of sp³-hybridized carbons (Fsp3) is 0.400. The number of nitrogens with zero attached hydrogens (tertiary/aromatic N) is 3. The van der Waals surface area contributed by atoms with Crippen LogP contribution in [0.15, 0.2) is 48.3 Å². The van der Waals surface area contributed by atoms with E-state index in [1.54, 1.807) is 23.6 Å². The fourth-order valence-electron chi connectivity index (χ4n) is 2.85. The summed E-state index contributed by atoms with van der Waals surface area (Å²) in [5, 5.41) is 12.0. The number of amides is 1. The van der Waals surface area contributed by atoms with Gasteiger partial charge in [-0.25, -0.2) is 0 Å². The number of likely N-dealkylation sites (N-methyl/N-ethyl adjacent to an activating group) is 1. The first-order valence-electron chi connectivity index (χ1n) is 10.8. The molecule has 2 aromatic rings. The first kappa shape index (κ1) is 29.6. The van der Waals surface area contributed by atoms with Crippen molar-refractivity contribution in [1.29, 1.82) is 0 Å².